The lowest BCUT2D eigenvalue weighted by Gasteiger charge is -2.17. The Morgan fingerprint density at radius 3 is 2.55 bits per heavy atom. The molecule has 0 bridgehead atoms. The van der Waals surface area contributed by atoms with Gasteiger partial charge >= 0.3 is 0 Å². The summed E-state index contributed by atoms with van der Waals surface area (Å²) in [5.74, 6) is -1.85. The Balaban J connectivity index is 2.30. The van der Waals surface area contributed by atoms with Crippen LogP contribution in [-0.4, -0.2) is 5.11 Å². The molecule has 0 fully saturated rings. The lowest BCUT2D eigenvalue weighted by molar-refractivity contribution is 0.208. The third kappa shape index (κ3) is 2.76. The van der Waals surface area contributed by atoms with E-state index in [1.54, 1.807) is 6.07 Å². The van der Waals surface area contributed by atoms with Crippen molar-refractivity contribution >= 4 is 28.7 Å². The summed E-state index contributed by atoms with van der Waals surface area (Å²) >= 11 is 5.92. The predicted octanol–water partition coefficient (Wildman–Crippen LogP) is 2.89. The van der Waals surface area contributed by atoms with E-state index < -0.39 is 23.5 Å². The average molecular weight is 300 g/mol. The quantitative estimate of drug-likeness (QED) is 0.519. The van der Waals surface area contributed by atoms with Crippen LogP contribution in [0.3, 0.4) is 0 Å². The lowest BCUT2D eigenvalue weighted by atomic mass is 10.1. The van der Waals surface area contributed by atoms with Crippen LogP contribution in [0.25, 0.3) is 0 Å². The largest absolute Gasteiger partial charge is 0.399 e. The highest BCUT2D eigenvalue weighted by Gasteiger charge is 2.16. The van der Waals surface area contributed by atoms with Gasteiger partial charge in [0.15, 0.2) is 12.0 Å². The number of aliphatic hydroxyl groups is 1. The van der Waals surface area contributed by atoms with E-state index in [4.69, 9.17) is 23.1 Å². The molecule has 2 aromatic carbocycles. The summed E-state index contributed by atoms with van der Waals surface area (Å²) < 4.78 is 26.8. The van der Waals surface area contributed by atoms with Crippen molar-refractivity contribution in [1.29, 1.82) is 0 Å². The number of hydrogen-bond acceptors (Lipinski definition) is 4. The number of nitrogens with two attached hydrogens (primary N) is 2. The van der Waals surface area contributed by atoms with Gasteiger partial charge in [0.25, 0.3) is 0 Å². The summed E-state index contributed by atoms with van der Waals surface area (Å²) in [6, 6.07) is 6.64. The maximum absolute atomic E-state index is 13.7. The van der Waals surface area contributed by atoms with Crippen LogP contribution in [0.15, 0.2) is 30.3 Å². The van der Waals surface area contributed by atoms with Crippen molar-refractivity contribution < 1.29 is 13.9 Å². The zero-order valence-electron chi connectivity index (χ0n) is 10.2. The molecular weight excluding hydrogens is 288 g/mol. The maximum atomic E-state index is 13.7. The first-order chi connectivity index (χ1) is 9.40. The van der Waals surface area contributed by atoms with Crippen molar-refractivity contribution in [2.75, 3.05) is 16.8 Å². The van der Waals surface area contributed by atoms with Crippen molar-refractivity contribution in [3.63, 3.8) is 0 Å². The molecule has 0 aromatic heterocycles. The molecule has 4 nitrogen and oxygen atoms in total. The Morgan fingerprint density at radius 1 is 1.15 bits per heavy atom. The highest BCUT2D eigenvalue weighted by molar-refractivity contribution is 6.31. The molecule has 106 valence electrons. The Kier molecular flexibility index (Phi) is 3.96. The molecule has 0 aliphatic carbocycles. The molecule has 0 aliphatic heterocycles. The molecule has 0 amide bonds. The number of rotatable bonds is 3. The number of anilines is 3. The highest BCUT2D eigenvalue weighted by Crippen LogP contribution is 2.29. The van der Waals surface area contributed by atoms with Gasteiger partial charge in [-0.15, -0.1) is 0 Å². The molecular formula is C13H12ClF2N3O. The highest BCUT2D eigenvalue weighted by atomic mass is 35.5. The van der Waals surface area contributed by atoms with Gasteiger partial charge in [-0.3, -0.25) is 0 Å². The van der Waals surface area contributed by atoms with E-state index in [1.807, 2.05) is 0 Å². The lowest BCUT2D eigenvalue weighted by Crippen LogP contribution is -2.13. The monoisotopic (exact) mass is 299 g/mol. The minimum atomic E-state index is -1.31. The van der Waals surface area contributed by atoms with E-state index in [0.29, 0.717) is 5.69 Å². The van der Waals surface area contributed by atoms with E-state index in [0.717, 1.165) is 12.1 Å². The number of halogens is 3. The van der Waals surface area contributed by atoms with Crippen LogP contribution in [0.5, 0.6) is 0 Å². The SMILES string of the molecule is Nc1ccc(Cl)c(C(O)Nc2ccc(F)c(N)c2F)c1. The first-order valence-electron chi connectivity index (χ1n) is 5.63. The van der Waals surface area contributed by atoms with Crippen LogP contribution in [0, 0.1) is 11.6 Å². The van der Waals surface area contributed by atoms with Crippen LogP contribution in [-0.2, 0) is 0 Å². The smallest absolute Gasteiger partial charge is 0.172 e. The maximum Gasteiger partial charge on any atom is 0.172 e. The van der Waals surface area contributed by atoms with Crippen molar-refractivity contribution in [2.24, 2.45) is 0 Å². The topological polar surface area (TPSA) is 84.3 Å². The molecule has 0 radical (unpaired) electrons. The second kappa shape index (κ2) is 5.52. The first kappa shape index (κ1) is 14.4. The van der Waals surface area contributed by atoms with Gasteiger partial charge < -0.3 is 21.9 Å². The zero-order chi connectivity index (χ0) is 14.9. The molecule has 1 atom stereocenters. The van der Waals surface area contributed by atoms with Gasteiger partial charge in [0.2, 0.25) is 0 Å². The van der Waals surface area contributed by atoms with Crippen LogP contribution < -0.4 is 16.8 Å². The van der Waals surface area contributed by atoms with Gasteiger partial charge in [-0.1, -0.05) is 11.6 Å². The van der Waals surface area contributed by atoms with E-state index in [1.165, 1.54) is 12.1 Å². The van der Waals surface area contributed by atoms with Gasteiger partial charge in [-0.25, -0.2) is 8.78 Å². The summed E-state index contributed by atoms with van der Waals surface area (Å²) in [6.45, 7) is 0. The van der Waals surface area contributed by atoms with E-state index >= 15 is 0 Å². The Bertz CT molecular complexity index is 652. The van der Waals surface area contributed by atoms with Crippen molar-refractivity contribution in [1.82, 2.24) is 0 Å². The van der Waals surface area contributed by atoms with Crippen LogP contribution in [0.2, 0.25) is 5.02 Å². The van der Waals surface area contributed by atoms with Crippen LogP contribution in [0.1, 0.15) is 11.8 Å². The Hall–Kier alpha value is -2.05. The van der Waals surface area contributed by atoms with Gasteiger partial charge in [0.1, 0.15) is 11.5 Å². The average Bonchev–Trinajstić information content (AvgIpc) is 2.42. The molecule has 1 unspecified atom stereocenters. The first-order valence-corrected chi connectivity index (χ1v) is 6.01. The minimum Gasteiger partial charge on any atom is -0.399 e. The summed E-state index contributed by atoms with van der Waals surface area (Å²) in [5.41, 5.74) is 10.7. The number of nitrogen functional groups attached to an aromatic ring is 2. The second-order valence-corrected chi connectivity index (χ2v) is 4.56. The van der Waals surface area contributed by atoms with E-state index in [-0.39, 0.29) is 16.3 Å². The Labute approximate surface area is 119 Å². The molecule has 0 saturated heterocycles. The van der Waals surface area contributed by atoms with Gasteiger partial charge in [0.05, 0.1) is 5.69 Å². The molecule has 6 N–H and O–H groups in total. The molecule has 0 saturated carbocycles. The molecule has 0 spiro atoms. The molecule has 2 rings (SSSR count). The van der Waals surface area contributed by atoms with Crippen molar-refractivity contribution in [2.45, 2.75) is 6.23 Å². The minimum absolute atomic E-state index is 0.144. The summed E-state index contributed by atoms with van der Waals surface area (Å²) in [6.07, 6.45) is -1.31. The number of aliphatic hydroxyl groups excluding tert-OH is 1. The third-order valence-corrected chi connectivity index (χ3v) is 3.08. The van der Waals surface area contributed by atoms with E-state index in [2.05, 4.69) is 5.32 Å². The van der Waals surface area contributed by atoms with Gasteiger partial charge in [0, 0.05) is 16.3 Å². The molecule has 0 heterocycles. The molecule has 0 aliphatic rings. The van der Waals surface area contributed by atoms with Gasteiger partial charge in [-0.2, -0.15) is 0 Å². The van der Waals surface area contributed by atoms with Crippen molar-refractivity contribution in [3.05, 3.63) is 52.6 Å². The summed E-state index contributed by atoms with van der Waals surface area (Å²) in [7, 11) is 0. The molecule has 7 heteroatoms. The number of nitrogens with one attached hydrogen (secondary N) is 1. The Morgan fingerprint density at radius 2 is 1.85 bits per heavy atom. The summed E-state index contributed by atoms with van der Waals surface area (Å²) in [4.78, 5) is 0. The summed E-state index contributed by atoms with van der Waals surface area (Å²) in [5, 5.41) is 12.7. The zero-order valence-corrected chi connectivity index (χ0v) is 11.0. The molecule has 2 aromatic rings. The predicted molar refractivity (Wildman–Crippen MR) is 75.2 cm³/mol. The fourth-order valence-corrected chi connectivity index (χ4v) is 1.90. The standard InChI is InChI=1S/C13H12ClF2N3O/c14-8-2-1-6(17)5-7(8)13(20)19-10-4-3-9(15)12(18)11(10)16/h1-5,13,19-20H,17-18H2. The second-order valence-electron chi connectivity index (χ2n) is 4.15. The van der Waals surface area contributed by atoms with Crippen LogP contribution in [0.4, 0.5) is 25.8 Å². The van der Waals surface area contributed by atoms with Gasteiger partial charge in [-0.05, 0) is 30.3 Å². The molecule has 20 heavy (non-hydrogen) atoms. The third-order valence-electron chi connectivity index (χ3n) is 2.73. The normalized spacial score (nSPS) is 12.2. The fraction of sp³-hybridized carbons (Fsp3) is 0.0769. The van der Waals surface area contributed by atoms with Crippen LogP contribution >= 0.6 is 11.6 Å². The number of benzene rings is 2. The number of hydrogen-bond donors (Lipinski definition) is 4. The van der Waals surface area contributed by atoms with Crippen molar-refractivity contribution in [3.8, 4) is 0 Å². The van der Waals surface area contributed by atoms with E-state index in [9.17, 15) is 13.9 Å². The fourth-order valence-electron chi connectivity index (χ4n) is 1.68.